The van der Waals surface area contributed by atoms with E-state index in [0.29, 0.717) is 33.9 Å². The van der Waals surface area contributed by atoms with Crippen LogP contribution in [-0.4, -0.2) is 41.6 Å². The summed E-state index contributed by atoms with van der Waals surface area (Å²) in [5.41, 5.74) is 4.15. The van der Waals surface area contributed by atoms with E-state index in [1.54, 1.807) is 22.7 Å². The van der Waals surface area contributed by atoms with Gasteiger partial charge in [0.25, 0.3) is 0 Å². The van der Waals surface area contributed by atoms with Crippen LogP contribution in [0.1, 0.15) is 11.3 Å². The molecule has 0 unspecified atom stereocenters. The number of aryl methyl sites for hydroxylation is 2. The fourth-order valence-corrected chi connectivity index (χ4v) is 4.46. The molecule has 1 N–H and O–H groups in total. The van der Waals surface area contributed by atoms with Crippen LogP contribution in [0.4, 0.5) is 11.6 Å². The molecule has 36 heavy (non-hydrogen) atoms. The zero-order valence-corrected chi connectivity index (χ0v) is 20.5. The second kappa shape index (κ2) is 8.62. The van der Waals surface area contributed by atoms with Gasteiger partial charge in [-0.15, -0.1) is 0 Å². The van der Waals surface area contributed by atoms with E-state index in [-0.39, 0.29) is 0 Å². The number of nitrogens with one attached hydrogen (secondary N) is 1. The zero-order chi connectivity index (χ0) is 24.8. The summed E-state index contributed by atoms with van der Waals surface area (Å²) in [5, 5.41) is 15.0. The summed E-state index contributed by atoms with van der Waals surface area (Å²) in [5.74, 6) is 2.69. The van der Waals surface area contributed by atoms with Crippen LogP contribution in [0, 0.1) is 13.8 Å². The van der Waals surface area contributed by atoms with Gasteiger partial charge in [0.05, 0.1) is 30.1 Å². The minimum absolute atomic E-state index is 0.601. The van der Waals surface area contributed by atoms with Crippen LogP contribution < -0.4 is 10.1 Å². The fourth-order valence-electron chi connectivity index (χ4n) is 4.27. The lowest BCUT2D eigenvalue weighted by Gasteiger charge is -2.12. The summed E-state index contributed by atoms with van der Waals surface area (Å²) >= 11 is 6.19. The van der Waals surface area contributed by atoms with Crippen molar-refractivity contribution in [3.05, 3.63) is 83.4 Å². The van der Waals surface area contributed by atoms with Crippen molar-refractivity contribution in [2.75, 3.05) is 12.4 Å². The van der Waals surface area contributed by atoms with Crippen LogP contribution in [0.5, 0.6) is 5.75 Å². The van der Waals surface area contributed by atoms with Crippen molar-refractivity contribution >= 4 is 45.2 Å². The lowest BCUT2D eigenvalue weighted by Crippen LogP contribution is -2.07. The summed E-state index contributed by atoms with van der Waals surface area (Å²) in [6, 6.07) is 17.3. The highest BCUT2D eigenvalue weighted by Crippen LogP contribution is 2.30. The highest BCUT2D eigenvalue weighted by Gasteiger charge is 2.16. The highest BCUT2D eigenvalue weighted by molar-refractivity contribution is 6.30. The molecule has 0 saturated carbocycles. The third kappa shape index (κ3) is 3.70. The van der Waals surface area contributed by atoms with Crippen LogP contribution in [0.25, 0.3) is 33.4 Å². The van der Waals surface area contributed by atoms with Gasteiger partial charge in [0, 0.05) is 16.5 Å². The summed E-state index contributed by atoms with van der Waals surface area (Å²) in [7, 11) is 1.65. The summed E-state index contributed by atoms with van der Waals surface area (Å²) in [6.45, 7) is 3.98. The number of hydrogen-bond acceptors (Lipinski definition) is 7. The second-order valence-electron chi connectivity index (χ2n) is 8.36. The molecule has 0 saturated heterocycles. The molecule has 9 nitrogen and oxygen atoms in total. The van der Waals surface area contributed by atoms with E-state index in [9.17, 15) is 0 Å². The number of rotatable bonds is 5. The fraction of sp³-hybridized carbons (Fsp3) is 0.115. The molecule has 0 spiro atoms. The minimum Gasteiger partial charge on any atom is -0.494 e. The molecule has 2 aromatic carbocycles. The number of aromatic nitrogens is 7. The lowest BCUT2D eigenvalue weighted by atomic mass is 10.1. The van der Waals surface area contributed by atoms with Gasteiger partial charge in [0.15, 0.2) is 11.5 Å². The predicted molar refractivity (Wildman–Crippen MR) is 140 cm³/mol. The Morgan fingerprint density at radius 1 is 0.944 bits per heavy atom. The van der Waals surface area contributed by atoms with Gasteiger partial charge >= 0.3 is 0 Å². The molecule has 0 aliphatic carbocycles. The third-order valence-corrected chi connectivity index (χ3v) is 6.16. The maximum absolute atomic E-state index is 6.19. The van der Waals surface area contributed by atoms with Gasteiger partial charge in [0.2, 0.25) is 0 Å². The monoisotopic (exact) mass is 496 g/mol. The van der Waals surface area contributed by atoms with Crippen molar-refractivity contribution < 1.29 is 4.74 Å². The van der Waals surface area contributed by atoms with E-state index in [0.717, 1.165) is 33.2 Å². The van der Waals surface area contributed by atoms with Crippen LogP contribution in [0.15, 0.2) is 67.1 Å². The number of para-hydroxylation sites is 1. The number of halogens is 1. The minimum atomic E-state index is 0.601. The molecule has 0 bridgehead atoms. The van der Waals surface area contributed by atoms with Gasteiger partial charge in [-0.3, -0.25) is 0 Å². The van der Waals surface area contributed by atoms with Gasteiger partial charge in [-0.1, -0.05) is 29.8 Å². The number of pyridine rings is 1. The first kappa shape index (κ1) is 22.0. The first-order valence-electron chi connectivity index (χ1n) is 11.2. The first-order valence-corrected chi connectivity index (χ1v) is 11.6. The van der Waals surface area contributed by atoms with E-state index in [4.69, 9.17) is 26.4 Å². The maximum Gasteiger partial charge on any atom is 0.168 e. The number of fused-ring (bicyclic) bond motifs is 2. The van der Waals surface area contributed by atoms with Gasteiger partial charge in [-0.25, -0.2) is 19.6 Å². The predicted octanol–water partition coefficient (Wildman–Crippen LogP) is 5.57. The Labute approximate surface area is 211 Å². The maximum atomic E-state index is 6.19. The number of nitrogens with zero attached hydrogens (tertiary/aromatic N) is 7. The third-order valence-electron chi connectivity index (χ3n) is 5.93. The van der Waals surface area contributed by atoms with Gasteiger partial charge in [-0.2, -0.15) is 14.9 Å². The van der Waals surface area contributed by atoms with Gasteiger partial charge in [0.1, 0.15) is 29.2 Å². The number of ether oxygens (including phenoxy) is 1. The second-order valence-corrected chi connectivity index (χ2v) is 8.79. The van der Waals surface area contributed by atoms with Gasteiger partial charge < -0.3 is 10.1 Å². The van der Waals surface area contributed by atoms with Crippen molar-refractivity contribution in [1.29, 1.82) is 0 Å². The topological polar surface area (TPSA) is 95.6 Å². The van der Waals surface area contributed by atoms with Crippen LogP contribution >= 0.6 is 11.6 Å². The zero-order valence-electron chi connectivity index (χ0n) is 19.8. The Morgan fingerprint density at radius 2 is 1.81 bits per heavy atom. The number of anilines is 2. The molecular weight excluding hydrogens is 476 g/mol. The molecule has 0 atom stereocenters. The standard InChI is InChI=1S/C26H21ClN8O/c1-15-10-22(31-24-19(15)8-5-9-21(24)36-3)35-23(11-16(2)33-35)32-25-20-13-30-34(26(20)29-14-28-25)18-7-4-6-17(27)12-18/h4-14H,1-3H3,(H,28,29,32). The van der Waals surface area contributed by atoms with Crippen molar-refractivity contribution in [2.45, 2.75) is 13.8 Å². The molecule has 6 aromatic rings. The Balaban J connectivity index is 1.44. The normalized spacial score (nSPS) is 11.3. The summed E-state index contributed by atoms with van der Waals surface area (Å²) in [4.78, 5) is 13.8. The molecule has 4 aromatic heterocycles. The molecule has 4 heterocycles. The highest BCUT2D eigenvalue weighted by atomic mass is 35.5. The molecule has 10 heteroatoms. The molecule has 0 fully saturated rings. The summed E-state index contributed by atoms with van der Waals surface area (Å²) < 4.78 is 9.06. The van der Waals surface area contributed by atoms with Crippen LogP contribution in [0.2, 0.25) is 5.02 Å². The van der Waals surface area contributed by atoms with Crippen LogP contribution in [-0.2, 0) is 0 Å². The van der Waals surface area contributed by atoms with Crippen LogP contribution in [0.3, 0.4) is 0 Å². The quantitative estimate of drug-likeness (QED) is 0.333. The molecule has 0 radical (unpaired) electrons. The van der Waals surface area contributed by atoms with E-state index in [1.807, 2.05) is 61.5 Å². The molecular formula is C26H21ClN8O. The largest absolute Gasteiger partial charge is 0.494 e. The van der Waals surface area contributed by atoms with Crippen molar-refractivity contribution in [1.82, 2.24) is 34.5 Å². The Kier molecular flexibility index (Phi) is 5.26. The van der Waals surface area contributed by atoms with E-state index >= 15 is 0 Å². The van der Waals surface area contributed by atoms with E-state index in [2.05, 4.69) is 27.3 Å². The van der Waals surface area contributed by atoms with Crippen molar-refractivity contribution in [3.63, 3.8) is 0 Å². The molecule has 0 aliphatic rings. The van der Waals surface area contributed by atoms with E-state index in [1.165, 1.54) is 6.33 Å². The Bertz CT molecular complexity index is 1760. The summed E-state index contributed by atoms with van der Waals surface area (Å²) in [6.07, 6.45) is 3.24. The van der Waals surface area contributed by atoms with E-state index < -0.39 is 0 Å². The first-order chi connectivity index (χ1) is 17.5. The number of hydrogen-bond donors (Lipinski definition) is 1. The SMILES string of the molecule is COc1cccc2c(C)cc(-n3nc(C)cc3Nc3ncnc4c3cnn4-c3cccc(Cl)c3)nc12. The van der Waals surface area contributed by atoms with Crippen molar-refractivity contribution in [2.24, 2.45) is 0 Å². The molecule has 0 amide bonds. The smallest absolute Gasteiger partial charge is 0.168 e. The van der Waals surface area contributed by atoms with Crippen molar-refractivity contribution in [3.8, 4) is 17.3 Å². The number of benzene rings is 2. The molecule has 0 aliphatic heterocycles. The molecule has 178 valence electrons. The lowest BCUT2D eigenvalue weighted by molar-refractivity contribution is 0.419. The average molecular weight is 497 g/mol. The Morgan fingerprint density at radius 3 is 2.64 bits per heavy atom. The molecule has 6 rings (SSSR count). The van der Waals surface area contributed by atoms with Gasteiger partial charge in [-0.05, 0) is 49.7 Å². The Hall–Kier alpha value is -4.50. The number of methoxy groups -OCH3 is 1. The average Bonchev–Trinajstić information content (AvgIpc) is 3.47.